The number of amides is 1. The lowest BCUT2D eigenvalue weighted by molar-refractivity contribution is -0.204. The third-order valence-corrected chi connectivity index (χ3v) is 4.04. The summed E-state index contributed by atoms with van der Waals surface area (Å²) in [6.45, 7) is 9.40. The fraction of sp³-hybridized carbons (Fsp3) is 0.600. The van der Waals surface area contributed by atoms with Crippen LogP contribution < -0.4 is 4.74 Å². The third kappa shape index (κ3) is 5.68. The zero-order chi connectivity index (χ0) is 20.4. The maximum atomic E-state index is 12.9. The Hall–Kier alpha value is -2.12. The van der Waals surface area contributed by atoms with E-state index in [4.69, 9.17) is 14.2 Å². The van der Waals surface area contributed by atoms with Gasteiger partial charge in [0.2, 0.25) is 0 Å². The van der Waals surface area contributed by atoms with Gasteiger partial charge >= 0.3 is 5.97 Å². The summed E-state index contributed by atoms with van der Waals surface area (Å²) >= 11 is 0. The Morgan fingerprint density at radius 3 is 2.44 bits per heavy atom. The van der Waals surface area contributed by atoms with Crippen LogP contribution in [0.3, 0.4) is 0 Å². The fourth-order valence-corrected chi connectivity index (χ4v) is 2.92. The Bertz CT molecular complexity index is 677. The molecule has 0 aromatic heterocycles. The number of carbonyl (C=O) groups is 2. The Morgan fingerprint density at radius 2 is 1.93 bits per heavy atom. The molecular formula is C20H29NO6. The van der Waals surface area contributed by atoms with Crippen molar-refractivity contribution in [3.8, 4) is 5.75 Å². The van der Waals surface area contributed by atoms with Crippen LogP contribution in [0.15, 0.2) is 24.3 Å². The molecule has 7 heteroatoms. The normalized spacial score (nSPS) is 20.9. The molecule has 0 radical (unpaired) electrons. The second-order valence-electron chi connectivity index (χ2n) is 8.32. The predicted molar refractivity (Wildman–Crippen MR) is 99.2 cm³/mol. The van der Waals surface area contributed by atoms with Crippen molar-refractivity contribution in [3.05, 3.63) is 29.8 Å². The minimum Gasteiger partial charge on any atom is -0.497 e. The number of benzene rings is 1. The van der Waals surface area contributed by atoms with Gasteiger partial charge in [-0.25, -0.2) is 4.79 Å². The first-order valence-corrected chi connectivity index (χ1v) is 8.92. The van der Waals surface area contributed by atoms with Gasteiger partial charge in [0, 0.05) is 13.1 Å². The van der Waals surface area contributed by atoms with E-state index in [1.165, 1.54) is 0 Å². The summed E-state index contributed by atoms with van der Waals surface area (Å²) in [6, 6.07) is 7.37. The minimum atomic E-state index is -1.69. The molecule has 1 aromatic rings. The second kappa shape index (κ2) is 7.86. The van der Waals surface area contributed by atoms with Crippen molar-refractivity contribution in [3.63, 3.8) is 0 Å². The van der Waals surface area contributed by atoms with Crippen molar-refractivity contribution in [1.29, 1.82) is 0 Å². The van der Waals surface area contributed by atoms with Crippen LogP contribution in [-0.4, -0.2) is 58.9 Å². The molecule has 2 rings (SSSR count). The van der Waals surface area contributed by atoms with Gasteiger partial charge in [-0.05, 0) is 52.3 Å². The van der Waals surface area contributed by atoms with E-state index in [-0.39, 0.29) is 0 Å². The fourth-order valence-electron chi connectivity index (χ4n) is 2.92. The van der Waals surface area contributed by atoms with Gasteiger partial charge in [0.15, 0.2) is 12.2 Å². The first-order valence-electron chi connectivity index (χ1n) is 8.92. The molecule has 1 heterocycles. The van der Waals surface area contributed by atoms with Gasteiger partial charge in [-0.3, -0.25) is 4.79 Å². The second-order valence-corrected chi connectivity index (χ2v) is 8.32. The monoisotopic (exact) mass is 379 g/mol. The van der Waals surface area contributed by atoms with Crippen molar-refractivity contribution >= 4 is 11.9 Å². The van der Waals surface area contributed by atoms with Gasteiger partial charge in [0.05, 0.1) is 12.7 Å². The predicted octanol–water partition coefficient (Wildman–Crippen LogP) is 1.90. The average Bonchev–Trinajstić information content (AvgIpc) is 2.56. The number of morpholine rings is 1. The van der Waals surface area contributed by atoms with E-state index in [1.54, 1.807) is 32.8 Å². The summed E-state index contributed by atoms with van der Waals surface area (Å²) in [5, 5.41) is 10.4. The first-order chi connectivity index (χ1) is 12.4. The summed E-state index contributed by atoms with van der Waals surface area (Å²) in [6.07, 6.45) is -2.99. The quantitative estimate of drug-likeness (QED) is 0.787. The van der Waals surface area contributed by atoms with E-state index in [0.29, 0.717) is 13.1 Å². The van der Waals surface area contributed by atoms with E-state index in [9.17, 15) is 14.7 Å². The highest BCUT2D eigenvalue weighted by molar-refractivity contribution is 5.89. The van der Waals surface area contributed by atoms with Crippen molar-refractivity contribution in [2.24, 2.45) is 0 Å². The first kappa shape index (κ1) is 21.2. The number of rotatable bonds is 5. The van der Waals surface area contributed by atoms with Crippen LogP contribution in [0, 0.1) is 0 Å². The number of esters is 1. The Morgan fingerprint density at radius 1 is 1.33 bits per heavy atom. The molecule has 7 nitrogen and oxygen atoms in total. The van der Waals surface area contributed by atoms with Crippen LogP contribution >= 0.6 is 0 Å². The zero-order valence-electron chi connectivity index (χ0n) is 16.8. The van der Waals surface area contributed by atoms with Crippen LogP contribution in [-0.2, 0) is 25.6 Å². The van der Waals surface area contributed by atoms with Gasteiger partial charge in [0.1, 0.15) is 11.4 Å². The highest BCUT2D eigenvalue weighted by atomic mass is 16.6. The molecule has 0 bridgehead atoms. The molecule has 1 amide bonds. The van der Waals surface area contributed by atoms with Crippen LogP contribution in [0.4, 0.5) is 0 Å². The smallest absolute Gasteiger partial charge is 0.338 e. The zero-order valence-corrected chi connectivity index (χ0v) is 16.8. The molecule has 0 saturated carbocycles. The van der Waals surface area contributed by atoms with Crippen molar-refractivity contribution < 1.29 is 28.9 Å². The number of hydrogen-bond acceptors (Lipinski definition) is 6. The lowest BCUT2D eigenvalue weighted by Gasteiger charge is -2.43. The summed E-state index contributed by atoms with van der Waals surface area (Å²) in [5.41, 5.74) is -0.574. The highest BCUT2D eigenvalue weighted by Crippen LogP contribution is 2.26. The number of ether oxygens (including phenoxy) is 3. The molecule has 1 fully saturated rings. The number of aliphatic hydroxyl groups is 1. The Kier molecular flexibility index (Phi) is 6.17. The van der Waals surface area contributed by atoms with Gasteiger partial charge in [-0.2, -0.15) is 0 Å². The van der Waals surface area contributed by atoms with E-state index in [1.807, 2.05) is 38.1 Å². The molecule has 2 atom stereocenters. The number of methoxy groups -OCH3 is 1. The highest BCUT2D eigenvalue weighted by Gasteiger charge is 2.46. The maximum absolute atomic E-state index is 12.9. The van der Waals surface area contributed by atoms with Crippen LogP contribution in [0.1, 0.15) is 40.2 Å². The molecule has 1 aromatic carbocycles. The van der Waals surface area contributed by atoms with Gasteiger partial charge in [-0.1, -0.05) is 12.1 Å². The van der Waals surface area contributed by atoms with E-state index < -0.39 is 35.3 Å². The lowest BCUT2D eigenvalue weighted by Crippen LogP contribution is -2.60. The summed E-state index contributed by atoms with van der Waals surface area (Å²) in [5.74, 6) is -0.586. The number of aliphatic hydroxyl groups excluding tert-OH is 1. The molecule has 1 aliphatic heterocycles. The summed E-state index contributed by atoms with van der Waals surface area (Å²) in [4.78, 5) is 26.7. The molecule has 0 spiro atoms. The molecule has 1 unspecified atom stereocenters. The summed E-state index contributed by atoms with van der Waals surface area (Å²) < 4.78 is 16.1. The van der Waals surface area contributed by atoms with E-state index in [2.05, 4.69) is 0 Å². The van der Waals surface area contributed by atoms with Crippen LogP contribution in [0.5, 0.6) is 5.75 Å². The third-order valence-electron chi connectivity index (χ3n) is 4.04. The van der Waals surface area contributed by atoms with Crippen molar-refractivity contribution in [2.75, 3.05) is 13.7 Å². The molecule has 0 aliphatic carbocycles. The maximum Gasteiger partial charge on any atom is 0.338 e. The SMILES string of the molecule is COc1ccc(CN2CC(C)(C)O[C@H](C(O)C(=O)OC(C)(C)C)C2=O)cc1. The number of carbonyl (C=O) groups excluding carboxylic acids is 2. The molecular weight excluding hydrogens is 350 g/mol. The standard InChI is InChI=1S/C20H29NO6/c1-19(2,3)27-18(24)15(22)16-17(23)21(12-20(4,5)26-16)11-13-7-9-14(25-6)10-8-13/h7-10,15-16,22H,11-12H2,1-6H3/t15?,16-/m1/s1. The van der Waals surface area contributed by atoms with Gasteiger partial charge < -0.3 is 24.2 Å². The van der Waals surface area contributed by atoms with Crippen molar-refractivity contribution in [1.82, 2.24) is 4.90 Å². The topological polar surface area (TPSA) is 85.3 Å². The van der Waals surface area contributed by atoms with Gasteiger partial charge in [0.25, 0.3) is 5.91 Å². The van der Waals surface area contributed by atoms with E-state index in [0.717, 1.165) is 11.3 Å². The Labute approximate surface area is 160 Å². The van der Waals surface area contributed by atoms with E-state index >= 15 is 0 Å². The summed E-state index contributed by atoms with van der Waals surface area (Å²) in [7, 11) is 1.59. The Balaban J connectivity index is 2.16. The van der Waals surface area contributed by atoms with Crippen molar-refractivity contribution in [2.45, 2.75) is 64.6 Å². The molecule has 27 heavy (non-hydrogen) atoms. The molecule has 1 N–H and O–H groups in total. The minimum absolute atomic E-state index is 0.340. The lowest BCUT2D eigenvalue weighted by atomic mass is 10.0. The van der Waals surface area contributed by atoms with Crippen LogP contribution in [0.25, 0.3) is 0 Å². The van der Waals surface area contributed by atoms with Crippen LogP contribution in [0.2, 0.25) is 0 Å². The molecule has 1 aliphatic rings. The molecule has 1 saturated heterocycles. The molecule has 150 valence electrons. The largest absolute Gasteiger partial charge is 0.497 e. The average molecular weight is 379 g/mol. The van der Waals surface area contributed by atoms with Gasteiger partial charge in [-0.15, -0.1) is 0 Å². The number of hydrogen-bond donors (Lipinski definition) is 1. The number of nitrogens with zero attached hydrogens (tertiary/aromatic N) is 1.